The molecule has 0 radical (unpaired) electrons. The highest BCUT2D eigenvalue weighted by atomic mass is 32.2. The van der Waals surface area contributed by atoms with Crippen molar-refractivity contribution in [2.24, 2.45) is 5.73 Å². The van der Waals surface area contributed by atoms with Crippen LogP contribution in [-0.4, -0.2) is 27.5 Å². The second-order valence-corrected chi connectivity index (χ2v) is 7.33. The van der Waals surface area contributed by atoms with E-state index in [9.17, 15) is 13.2 Å². The van der Waals surface area contributed by atoms with Gasteiger partial charge >= 0.3 is 0 Å². The van der Waals surface area contributed by atoms with E-state index in [0.717, 1.165) is 5.56 Å². The summed E-state index contributed by atoms with van der Waals surface area (Å²) in [5.41, 5.74) is 6.48. The minimum absolute atomic E-state index is 0.0425. The monoisotopic (exact) mass is 362 g/mol. The predicted octanol–water partition coefficient (Wildman–Crippen LogP) is 2.23. The molecule has 0 spiro atoms. The van der Waals surface area contributed by atoms with Crippen molar-refractivity contribution in [1.29, 1.82) is 0 Å². The summed E-state index contributed by atoms with van der Waals surface area (Å²) in [5.74, 6) is -0.596. The first-order valence-corrected chi connectivity index (χ1v) is 9.44. The summed E-state index contributed by atoms with van der Waals surface area (Å²) in [7, 11) is -3.61. The summed E-state index contributed by atoms with van der Waals surface area (Å²) in [6.07, 6.45) is 0.509. The van der Waals surface area contributed by atoms with Gasteiger partial charge < -0.3 is 10.5 Å². The van der Waals surface area contributed by atoms with Crippen LogP contribution in [0.15, 0.2) is 59.5 Å². The van der Waals surface area contributed by atoms with Crippen molar-refractivity contribution in [3.8, 4) is 0 Å². The first kappa shape index (κ1) is 19.1. The van der Waals surface area contributed by atoms with Gasteiger partial charge in [-0.05, 0) is 43.2 Å². The normalized spacial score (nSPS) is 12.7. The van der Waals surface area contributed by atoms with Gasteiger partial charge in [0.15, 0.2) is 0 Å². The van der Waals surface area contributed by atoms with Crippen LogP contribution in [0.4, 0.5) is 0 Å². The zero-order valence-corrected chi connectivity index (χ0v) is 14.8. The second-order valence-electron chi connectivity index (χ2n) is 5.56. The van der Waals surface area contributed by atoms with Crippen LogP contribution in [0.5, 0.6) is 0 Å². The number of carbonyl (C=O) groups excluding carboxylic acids is 1. The van der Waals surface area contributed by atoms with E-state index in [1.807, 2.05) is 37.3 Å². The molecule has 0 saturated heterocycles. The largest absolute Gasteiger partial charge is 0.374 e. The third-order valence-corrected chi connectivity index (χ3v) is 5.18. The zero-order valence-electron chi connectivity index (χ0n) is 14.0. The molecular weight excluding hydrogens is 340 g/mol. The number of sulfonamides is 1. The van der Waals surface area contributed by atoms with Crippen LogP contribution >= 0.6 is 0 Å². The molecule has 134 valence electrons. The maximum atomic E-state index is 12.2. The Bertz CT molecular complexity index is 790. The van der Waals surface area contributed by atoms with Gasteiger partial charge in [-0.25, -0.2) is 13.1 Å². The third kappa shape index (κ3) is 5.67. The minimum atomic E-state index is -3.61. The van der Waals surface area contributed by atoms with Crippen molar-refractivity contribution in [1.82, 2.24) is 4.72 Å². The van der Waals surface area contributed by atoms with E-state index in [2.05, 4.69) is 4.72 Å². The Morgan fingerprint density at radius 3 is 2.36 bits per heavy atom. The molecule has 0 heterocycles. The van der Waals surface area contributed by atoms with Gasteiger partial charge in [0.05, 0.1) is 11.0 Å². The van der Waals surface area contributed by atoms with Crippen LogP contribution in [0, 0.1) is 0 Å². The SMILES string of the molecule is CC(OCCCNS(=O)(=O)c1ccc(C(N)=O)cc1)c1ccccc1. The maximum absolute atomic E-state index is 12.2. The lowest BCUT2D eigenvalue weighted by molar-refractivity contribution is 0.0647. The quantitative estimate of drug-likeness (QED) is 0.668. The molecule has 0 aliphatic rings. The second kappa shape index (κ2) is 8.75. The fraction of sp³-hybridized carbons (Fsp3) is 0.278. The number of rotatable bonds is 9. The van der Waals surface area contributed by atoms with Crippen molar-refractivity contribution in [2.45, 2.75) is 24.3 Å². The molecule has 1 atom stereocenters. The van der Waals surface area contributed by atoms with Crippen LogP contribution in [0.2, 0.25) is 0 Å². The maximum Gasteiger partial charge on any atom is 0.248 e. The van der Waals surface area contributed by atoms with E-state index >= 15 is 0 Å². The van der Waals surface area contributed by atoms with E-state index < -0.39 is 15.9 Å². The average molecular weight is 362 g/mol. The highest BCUT2D eigenvalue weighted by molar-refractivity contribution is 7.89. The Kier molecular flexibility index (Phi) is 6.69. The number of ether oxygens (including phenoxy) is 1. The van der Waals surface area contributed by atoms with Crippen LogP contribution in [0.3, 0.4) is 0 Å². The fourth-order valence-electron chi connectivity index (χ4n) is 2.24. The third-order valence-electron chi connectivity index (χ3n) is 3.70. The predicted molar refractivity (Wildman–Crippen MR) is 95.6 cm³/mol. The summed E-state index contributed by atoms with van der Waals surface area (Å²) in [6, 6.07) is 15.3. The topological polar surface area (TPSA) is 98.5 Å². The molecule has 0 fully saturated rings. The van der Waals surface area contributed by atoms with E-state index in [4.69, 9.17) is 10.5 Å². The molecule has 6 nitrogen and oxygen atoms in total. The van der Waals surface area contributed by atoms with Gasteiger partial charge in [-0.3, -0.25) is 4.79 Å². The Morgan fingerprint density at radius 1 is 1.12 bits per heavy atom. The first-order valence-electron chi connectivity index (χ1n) is 7.96. The smallest absolute Gasteiger partial charge is 0.248 e. The van der Waals surface area contributed by atoms with Crippen molar-refractivity contribution in [3.05, 3.63) is 65.7 Å². The highest BCUT2D eigenvalue weighted by Gasteiger charge is 2.14. The summed E-state index contributed by atoms with van der Waals surface area (Å²) in [5, 5.41) is 0. The minimum Gasteiger partial charge on any atom is -0.374 e. The lowest BCUT2D eigenvalue weighted by atomic mass is 10.1. The summed E-state index contributed by atoms with van der Waals surface area (Å²) in [4.78, 5) is 11.1. The lowest BCUT2D eigenvalue weighted by Crippen LogP contribution is -2.25. The van der Waals surface area contributed by atoms with Crippen LogP contribution in [0.25, 0.3) is 0 Å². The molecule has 0 aromatic heterocycles. The number of carbonyl (C=O) groups is 1. The molecule has 2 rings (SSSR count). The van der Waals surface area contributed by atoms with Crippen molar-refractivity contribution >= 4 is 15.9 Å². The Morgan fingerprint density at radius 2 is 1.76 bits per heavy atom. The highest BCUT2D eigenvalue weighted by Crippen LogP contribution is 2.16. The van der Waals surface area contributed by atoms with E-state index in [-0.39, 0.29) is 23.1 Å². The Balaban J connectivity index is 1.77. The summed E-state index contributed by atoms with van der Waals surface area (Å²) < 4.78 is 32.5. The Labute approximate surface area is 148 Å². The fourth-order valence-corrected chi connectivity index (χ4v) is 3.31. The van der Waals surface area contributed by atoms with Crippen molar-refractivity contribution < 1.29 is 17.9 Å². The average Bonchev–Trinajstić information content (AvgIpc) is 2.62. The van der Waals surface area contributed by atoms with Gasteiger partial charge in [0.25, 0.3) is 0 Å². The number of hydrogen-bond donors (Lipinski definition) is 2. The summed E-state index contributed by atoms with van der Waals surface area (Å²) >= 11 is 0. The van der Waals surface area contributed by atoms with Gasteiger partial charge in [-0.15, -0.1) is 0 Å². The molecule has 25 heavy (non-hydrogen) atoms. The molecule has 3 N–H and O–H groups in total. The summed E-state index contributed by atoms with van der Waals surface area (Å²) in [6.45, 7) is 2.67. The Hall–Kier alpha value is -2.22. The molecule has 0 saturated carbocycles. The van der Waals surface area contributed by atoms with E-state index in [0.29, 0.717) is 13.0 Å². The molecule has 7 heteroatoms. The number of hydrogen-bond acceptors (Lipinski definition) is 4. The molecule has 0 bridgehead atoms. The van der Waals surface area contributed by atoms with E-state index in [1.165, 1.54) is 24.3 Å². The molecule has 2 aromatic rings. The number of nitrogens with one attached hydrogen (secondary N) is 1. The van der Waals surface area contributed by atoms with Gasteiger partial charge in [0.2, 0.25) is 15.9 Å². The van der Waals surface area contributed by atoms with Gasteiger partial charge in [-0.1, -0.05) is 30.3 Å². The molecular formula is C18H22N2O4S. The van der Waals surface area contributed by atoms with Crippen LogP contribution in [-0.2, 0) is 14.8 Å². The molecule has 0 aliphatic carbocycles. The standard InChI is InChI=1S/C18H22N2O4S/c1-14(15-6-3-2-4-7-15)24-13-5-12-20-25(22,23)17-10-8-16(9-11-17)18(19)21/h2-4,6-11,14,20H,5,12-13H2,1H3,(H2,19,21). The van der Waals surface area contributed by atoms with E-state index in [1.54, 1.807) is 0 Å². The number of benzene rings is 2. The van der Waals surface area contributed by atoms with Crippen molar-refractivity contribution in [3.63, 3.8) is 0 Å². The van der Waals surface area contributed by atoms with Gasteiger partial charge in [-0.2, -0.15) is 0 Å². The number of amides is 1. The number of primary amides is 1. The zero-order chi connectivity index (χ0) is 18.3. The van der Waals surface area contributed by atoms with Crippen LogP contribution in [0.1, 0.15) is 35.4 Å². The van der Waals surface area contributed by atoms with Crippen LogP contribution < -0.4 is 10.5 Å². The molecule has 0 aliphatic heterocycles. The molecule has 1 unspecified atom stereocenters. The van der Waals surface area contributed by atoms with Crippen molar-refractivity contribution in [2.75, 3.05) is 13.2 Å². The number of nitrogens with two attached hydrogens (primary N) is 1. The lowest BCUT2D eigenvalue weighted by Gasteiger charge is -2.13. The first-order chi connectivity index (χ1) is 11.9. The van der Waals surface area contributed by atoms with Gasteiger partial charge in [0.1, 0.15) is 0 Å². The molecule has 2 aromatic carbocycles. The van der Waals surface area contributed by atoms with Gasteiger partial charge in [0, 0.05) is 18.7 Å². The molecule has 1 amide bonds.